The zero-order valence-corrected chi connectivity index (χ0v) is 21.9. The van der Waals surface area contributed by atoms with E-state index in [0.717, 1.165) is 27.8 Å². The van der Waals surface area contributed by atoms with Gasteiger partial charge in [-0.1, -0.05) is 84.3 Å². The number of carbonyl (C=O) groups is 2. The quantitative estimate of drug-likeness (QED) is 0.309. The van der Waals surface area contributed by atoms with Crippen molar-refractivity contribution in [2.75, 3.05) is 0 Å². The maximum Gasteiger partial charge on any atom is 0.167 e. The standard InChI is InChI=1S/C37H26O3/c38-33-20-19-26-13-7-8-14-32(26)37(33)34(39)23-31-35(37)29-21-27(17-15-24-9-3-1-4-10-24)28(22-30(29)36(31)40)18-16-25-11-5-2-6-12-25/h1-14,21-22,31,34-35,39H,19-20,23H2/t31-,34-,35-,37+/m1/s1. The van der Waals surface area contributed by atoms with Crippen LogP contribution in [0.1, 0.15) is 68.1 Å². The van der Waals surface area contributed by atoms with Crippen LogP contribution >= 0.6 is 0 Å². The van der Waals surface area contributed by atoms with Crippen LogP contribution in [0.4, 0.5) is 0 Å². The summed E-state index contributed by atoms with van der Waals surface area (Å²) >= 11 is 0. The van der Waals surface area contributed by atoms with E-state index in [1.54, 1.807) is 0 Å². The summed E-state index contributed by atoms with van der Waals surface area (Å²) in [4.78, 5) is 27.7. The molecule has 1 fully saturated rings. The van der Waals surface area contributed by atoms with Crippen molar-refractivity contribution in [2.45, 2.75) is 36.7 Å². The highest BCUT2D eigenvalue weighted by atomic mass is 16.3. The van der Waals surface area contributed by atoms with Crippen molar-refractivity contribution in [1.29, 1.82) is 0 Å². The first kappa shape index (κ1) is 24.3. The van der Waals surface area contributed by atoms with Crippen LogP contribution in [-0.2, 0) is 16.6 Å². The molecule has 7 rings (SSSR count). The van der Waals surface area contributed by atoms with Crippen molar-refractivity contribution in [3.8, 4) is 23.7 Å². The van der Waals surface area contributed by atoms with E-state index in [1.165, 1.54) is 0 Å². The molecule has 3 nitrogen and oxygen atoms in total. The number of benzene rings is 4. The fourth-order valence-corrected chi connectivity index (χ4v) is 7.08. The zero-order chi connectivity index (χ0) is 27.3. The molecule has 0 unspecified atom stereocenters. The van der Waals surface area contributed by atoms with Gasteiger partial charge in [0.1, 0.15) is 5.78 Å². The van der Waals surface area contributed by atoms with Gasteiger partial charge in [0.25, 0.3) is 0 Å². The van der Waals surface area contributed by atoms with Gasteiger partial charge in [-0.25, -0.2) is 0 Å². The summed E-state index contributed by atoms with van der Waals surface area (Å²) in [6, 6.07) is 31.2. The first-order valence-electron chi connectivity index (χ1n) is 13.7. The summed E-state index contributed by atoms with van der Waals surface area (Å²) in [6.07, 6.45) is 0.379. The SMILES string of the molecule is O=C1c2cc(C#Cc3ccccc3)c(C#Cc3ccccc3)cc2[C@@H]2[C@H]1C[C@@H](O)[C@]21C(=O)CCc2ccccc21. The van der Waals surface area contributed by atoms with Crippen LogP contribution < -0.4 is 0 Å². The van der Waals surface area contributed by atoms with Gasteiger partial charge in [0.05, 0.1) is 11.5 Å². The predicted octanol–water partition coefficient (Wildman–Crippen LogP) is 5.60. The number of hydrogen-bond donors (Lipinski definition) is 1. The number of aryl methyl sites for hydroxylation is 1. The van der Waals surface area contributed by atoms with Gasteiger partial charge < -0.3 is 5.11 Å². The average molecular weight is 519 g/mol. The van der Waals surface area contributed by atoms with E-state index in [1.807, 2.05) is 97.1 Å². The third-order valence-electron chi connectivity index (χ3n) is 8.80. The number of carbonyl (C=O) groups excluding carboxylic acids is 2. The second kappa shape index (κ2) is 9.49. The summed E-state index contributed by atoms with van der Waals surface area (Å²) in [5, 5.41) is 11.5. The lowest BCUT2D eigenvalue weighted by Crippen LogP contribution is -2.49. The molecule has 40 heavy (non-hydrogen) atoms. The lowest BCUT2D eigenvalue weighted by molar-refractivity contribution is -0.129. The molecule has 0 saturated heterocycles. The van der Waals surface area contributed by atoms with Crippen molar-refractivity contribution in [2.24, 2.45) is 5.92 Å². The first-order valence-corrected chi connectivity index (χ1v) is 13.7. The zero-order valence-electron chi connectivity index (χ0n) is 21.9. The van der Waals surface area contributed by atoms with E-state index in [9.17, 15) is 14.7 Å². The van der Waals surface area contributed by atoms with Gasteiger partial charge in [0.15, 0.2) is 5.78 Å². The Morgan fingerprint density at radius 3 is 1.98 bits per heavy atom. The van der Waals surface area contributed by atoms with Gasteiger partial charge in [0.2, 0.25) is 0 Å². The van der Waals surface area contributed by atoms with E-state index in [-0.39, 0.29) is 18.0 Å². The van der Waals surface area contributed by atoms with E-state index in [0.29, 0.717) is 29.5 Å². The summed E-state index contributed by atoms with van der Waals surface area (Å²) in [7, 11) is 0. The summed E-state index contributed by atoms with van der Waals surface area (Å²) in [5.41, 5.74) is 5.38. The molecule has 1 N–H and O–H groups in total. The molecular weight excluding hydrogens is 492 g/mol. The van der Waals surface area contributed by atoms with Crippen LogP contribution in [0.2, 0.25) is 0 Å². The Hall–Kier alpha value is -4.70. The fraction of sp³-hybridized carbons (Fsp3) is 0.189. The third kappa shape index (κ3) is 3.67. The molecule has 4 aromatic carbocycles. The minimum absolute atomic E-state index is 0.0166. The van der Waals surface area contributed by atoms with Gasteiger partial charge in [-0.05, 0) is 65.9 Å². The summed E-state index contributed by atoms with van der Waals surface area (Å²) < 4.78 is 0. The number of ketones is 2. The molecule has 0 aliphatic heterocycles. The number of rotatable bonds is 0. The molecule has 0 aromatic heterocycles. The average Bonchev–Trinajstić information content (AvgIpc) is 3.44. The van der Waals surface area contributed by atoms with Crippen LogP contribution in [0.25, 0.3) is 0 Å². The molecule has 1 spiro atoms. The number of Topliss-reactive ketones (excluding diaryl/α,β-unsaturated/α-hetero) is 2. The van der Waals surface area contributed by atoms with Crippen LogP contribution in [0.15, 0.2) is 97.1 Å². The van der Waals surface area contributed by atoms with Gasteiger partial charge in [-0.15, -0.1) is 0 Å². The van der Waals surface area contributed by atoms with Crippen LogP contribution in [0.5, 0.6) is 0 Å². The molecular formula is C37H26O3. The monoisotopic (exact) mass is 518 g/mol. The van der Waals surface area contributed by atoms with Crippen LogP contribution in [0, 0.1) is 29.6 Å². The van der Waals surface area contributed by atoms with Gasteiger partial charge in [0, 0.05) is 46.1 Å². The molecule has 0 bridgehead atoms. The molecule has 4 atom stereocenters. The largest absolute Gasteiger partial charge is 0.392 e. The molecule has 3 aliphatic carbocycles. The maximum absolute atomic E-state index is 13.9. The Morgan fingerprint density at radius 2 is 1.30 bits per heavy atom. The van der Waals surface area contributed by atoms with E-state index in [2.05, 4.69) is 23.7 Å². The fourth-order valence-electron chi connectivity index (χ4n) is 7.08. The number of aliphatic hydroxyl groups excluding tert-OH is 1. The summed E-state index contributed by atoms with van der Waals surface area (Å²) in [5.74, 6) is 12.2. The summed E-state index contributed by atoms with van der Waals surface area (Å²) in [6.45, 7) is 0. The number of aliphatic hydroxyl groups is 1. The second-order valence-corrected chi connectivity index (χ2v) is 10.9. The van der Waals surface area contributed by atoms with Crippen molar-refractivity contribution < 1.29 is 14.7 Å². The lowest BCUT2D eigenvalue weighted by Gasteiger charge is -2.41. The molecule has 192 valence electrons. The van der Waals surface area contributed by atoms with E-state index < -0.39 is 23.4 Å². The highest BCUT2D eigenvalue weighted by Crippen LogP contribution is 2.61. The predicted molar refractivity (Wildman–Crippen MR) is 154 cm³/mol. The van der Waals surface area contributed by atoms with Crippen LogP contribution in [0.3, 0.4) is 0 Å². The molecule has 4 aromatic rings. The Morgan fingerprint density at radius 1 is 0.700 bits per heavy atom. The molecule has 0 amide bonds. The highest BCUT2D eigenvalue weighted by Gasteiger charge is 2.65. The van der Waals surface area contributed by atoms with Gasteiger partial charge in [-0.3, -0.25) is 9.59 Å². The molecule has 0 heterocycles. The van der Waals surface area contributed by atoms with E-state index >= 15 is 0 Å². The lowest BCUT2D eigenvalue weighted by atomic mass is 9.60. The topological polar surface area (TPSA) is 54.4 Å². The van der Waals surface area contributed by atoms with E-state index in [4.69, 9.17) is 0 Å². The van der Waals surface area contributed by atoms with Crippen molar-refractivity contribution in [1.82, 2.24) is 0 Å². The van der Waals surface area contributed by atoms with Crippen molar-refractivity contribution in [3.05, 3.63) is 142 Å². The Kier molecular flexibility index (Phi) is 5.78. The highest BCUT2D eigenvalue weighted by molar-refractivity contribution is 6.07. The Bertz CT molecular complexity index is 1800. The van der Waals surface area contributed by atoms with Gasteiger partial charge in [-0.2, -0.15) is 0 Å². The number of fused-ring (bicyclic) bond motifs is 6. The minimum Gasteiger partial charge on any atom is -0.392 e. The molecule has 3 heteroatoms. The molecule has 3 aliphatic rings. The van der Waals surface area contributed by atoms with Crippen molar-refractivity contribution in [3.63, 3.8) is 0 Å². The molecule has 1 saturated carbocycles. The Balaban J connectivity index is 1.43. The first-order chi connectivity index (χ1) is 19.6. The maximum atomic E-state index is 13.9. The number of hydrogen-bond acceptors (Lipinski definition) is 3. The molecule has 0 radical (unpaired) electrons. The minimum atomic E-state index is -1.12. The smallest absolute Gasteiger partial charge is 0.167 e. The Labute approximate surface area is 233 Å². The van der Waals surface area contributed by atoms with Crippen molar-refractivity contribution >= 4 is 11.6 Å². The van der Waals surface area contributed by atoms with Crippen LogP contribution in [-0.4, -0.2) is 22.8 Å². The van der Waals surface area contributed by atoms with Gasteiger partial charge >= 0.3 is 0 Å². The normalized spacial score (nSPS) is 23.9. The third-order valence-corrected chi connectivity index (χ3v) is 8.80. The second-order valence-electron chi connectivity index (χ2n) is 10.9.